The van der Waals surface area contributed by atoms with E-state index >= 15 is 0 Å². The summed E-state index contributed by atoms with van der Waals surface area (Å²) in [5, 5.41) is 3.34. The average Bonchev–Trinajstić information content (AvgIpc) is 3.22. The number of hydrogen-bond donors (Lipinski definition) is 1. The Balaban J connectivity index is 1.77. The van der Waals surface area contributed by atoms with Gasteiger partial charge in [0.25, 0.3) is 0 Å². The molecule has 0 unspecified atom stereocenters. The Morgan fingerprint density at radius 2 is 1.84 bits per heavy atom. The van der Waals surface area contributed by atoms with E-state index in [4.69, 9.17) is 0 Å². The van der Waals surface area contributed by atoms with Gasteiger partial charge < -0.3 is 4.52 Å². The molecule has 0 radical (unpaired) electrons. The van der Waals surface area contributed by atoms with Crippen LogP contribution in [-0.2, 0) is 22.7 Å². The molecule has 0 aliphatic rings. The second kappa shape index (κ2) is 6.62. The van der Waals surface area contributed by atoms with Gasteiger partial charge in [0.05, 0.1) is 4.88 Å². The van der Waals surface area contributed by atoms with Gasteiger partial charge in [-0.3, -0.25) is 0 Å². The van der Waals surface area contributed by atoms with Gasteiger partial charge in [-0.1, -0.05) is 35.5 Å². The summed E-state index contributed by atoms with van der Waals surface area (Å²) in [6, 6.07) is 12.4. The van der Waals surface area contributed by atoms with Gasteiger partial charge >= 0.3 is 6.18 Å². The number of rotatable bonds is 5. The Bertz CT molecular complexity index is 963. The topological polar surface area (TPSA) is 72.2 Å². The zero-order chi connectivity index (χ0) is 18.1. The van der Waals surface area contributed by atoms with E-state index < -0.39 is 22.0 Å². The van der Waals surface area contributed by atoms with Crippen molar-refractivity contribution in [1.82, 2.24) is 9.88 Å². The second-order valence-corrected chi connectivity index (χ2v) is 8.08. The van der Waals surface area contributed by atoms with Crippen molar-refractivity contribution in [2.45, 2.75) is 16.9 Å². The highest BCUT2D eigenvalue weighted by atomic mass is 32.2. The summed E-state index contributed by atoms with van der Waals surface area (Å²) >= 11 is 0.812. The summed E-state index contributed by atoms with van der Waals surface area (Å²) in [6.07, 6.45) is -4.64. The van der Waals surface area contributed by atoms with E-state index in [0.29, 0.717) is 0 Å². The van der Waals surface area contributed by atoms with E-state index in [1.165, 1.54) is 12.1 Å². The molecule has 2 heterocycles. The number of thiophene rings is 1. The first-order valence-electron chi connectivity index (χ1n) is 6.93. The molecule has 3 aromatic rings. The maximum Gasteiger partial charge on any atom is 0.452 e. The van der Waals surface area contributed by atoms with E-state index in [1.54, 1.807) is 24.3 Å². The van der Waals surface area contributed by atoms with Crippen LogP contribution < -0.4 is 4.72 Å². The molecule has 0 aliphatic heterocycles. The van der Waals surface area contributed by atoms with Gasteiger partial charge in [-0.25, -0.2) is 13.1 Å². The average molecular weight is 388 g/mol. The molecule has 1 aromatic carbocycles. The van der Waals surface area contributed by atoms with Crippen LogP contribution in [0.2, 0.25) is 0 Å². The molecule has 0 fully saturated rings. The van der Waals surface area contributed by atoms with Crippen molar-refractivity contribution in [1.29, 1.82) is 0 Å². The normalized spacial score (nSPS) is 12.4. The molecular weight excluding hydrogens is 377 g/mol. The minimum Gasteiger partial charge on any atom is -0.351 e. The summed E-state index contributed by atoms with van der Waals surface area (Å²) in [4.78, 5) is 0.263. The van der Waals surface area contributed by atoms with Crippen LogP contribution in [0.15, 0.2) is 57.3 Å². The maximum absolute atomic E-state index is 12.5. The number of sulfonamides is 1. The van der Waals surface area contributed by atoms with Crippen LogP contribution in [0.25, 0.3) is 10.6 Å². The van der Waals surface area contributed by atoms with Crippen molar-refractivity contribution in [3.8, 4) is 10.6 Å². The molecule has 0 bridgehead atoms. The minimum atomic E-state index is -4.64. The summed E-state index contributed by atoms with van der Waals surface area (Å²) in [6.45, 7) is 0.110. The van der Waals surface area contributed by atoms with Crippen LogP contribution in [0.3, 0.4) is 0 Å². The molecule has 10 heteroatoms. The number of nitrogens with one attached hydrogen (secondary N) is 1. The van der Waals surface area contributed by atoms with E-state index in [-0.39, 0.29) is 21.3 Å². The molecule has 0 aliphatic carbocycles. The number of benzene rings is 1. The Kier molecular flexibility index (Phi) is 4.67. The number of aromatic nitrogens is 1. The third-order valence-corrected chi connectivity index (χ3v) is 6.20. The smallest absolute Gasteiger partial charge is 0.351 e. The van der Waals surface area contributed by atoms with Gasteiger partial charge in [0.2, 0.25) is 15.8 Å². The van der Waals surface area contributed by atoms with Crippen LogP contribution >= 0.6 is 11.3 Å². The first kappa shape index (κ1) is 17.6. The third-order valence-electron chi connectivity index (χ3n) is 3.20. The van der Waals surface area contributed by atoms with Gasteiger partial charge in [0.1, 0.15) is 9.90 Å². The Hall–Kier alpha value is -2.17. The van der Waals surface area contributed by atoms with Gasteiger partial charge in [-0.15, -0.1) is 11.3 Å². The zero-order valence-corrected chi connectivity index (χ0v) is 14.1. The number of alkyl halides is 3. The van der Waals surface area contributed by atoms with Crippen LogP contribution in [-0.4, -0.2) is 13.6 Å². The molecule has 0 spiro atoms. The Labute approximate surface area is 145 Å². The van der Waals surface area contributed by atoms with Crippen LogP contribution in [0.4, 0.5) is 13.2 Å². The molecule has 132 valence electrons. The minimum absolute atomic E-state index is 0.0185. The summed E-state index contributed by atoms with van der Waals surface area (Å²) in [5.41, 5.74) is 0.719. The lowest BCUT2D eigenvalue weighted by atomic mass is 10.2. The van der Waals surface area contributed by atoms with Crippen molar-refractivity contribution in [2.75, 3.05) is 0 Å². The molecule has 25 heavy (non-hydrogen) atoms. The van der Waals surface area contributed by atoms with Gasteiger partial charge in [0.15, 0.2) is 0 Å². The molecular formula is C15H11F3N2O3S2. The summed E-state index contributed by atoms with van der Waals surface area (Å²) in [7, 11) is -3.78. The summed E-state index contributed by atoms with van der Waals surface area (Å²) < 4.78 is 68.9. The third kappa shape index (κ3) is 4.09. The first-order chi connectivity index (χ1) is 11.8. The molecule has 0 saturated heterocycles. The lowest BCUT2D eigenvalue weighted by Crippen LogP contribution is -2.22. The zero-order valence-electron chi connectivity index (χ0n) is 12.4. The SMILES string of the molecule is O=S(=O)(NCc1ccccc1)c1ccc(-c2cc(C(F)(F)F)on2)s1. The van der Waals surface area contributed by atoms with Crippen molar-refractivity contribution >= 4 is 21.4 Å². The van der Waals surface area contributed by atoms with E-state index in [1.807, 2.05) is 6.07 Å². The number of hydrogen-bond acceptors (Lipinski definition) is 5. The van der Waals surface area contributed by atoms with Gasteiger partial charge in [-0.2, -0.15) is 13.2 Å². The highest BCUT2D eigenvalue weighted by molar-refractivity contribution is 7.91. The molecule has 3 rings (SSSR count). The van der Waals surface area contributed by atoms with E-state index in [2.05, 4.69) is 14.4 Å². The maximum atomic E-state index is 12.5. The van der Waals surface area contributed by atoms with Crippen LogP contribution in [0, 0.1) is 0 Å². The van der Waals surface area contributed by atoms with Gasteiger partial charge in [-0.05, 0) is 17.7 Å². The largest absolute Gasteiger partial charge is 0.452 e. The van der Waals surface area contributed by atoms with Crippen molar-refractivity contribution < 1.29 is 26.1 Å². The molecule has 2 aromatic heterocycles. The first-order valence-corrected chi connectivity index (χ1v) is 9.23. The Morgan fingerprint density at radius 3 is 2.48 bits per heavy atom. The number of nitrogens with zero attached hydrogens (tertiary/aromatic N) is 1. The summed E-state index contributed by atoms with van der Waals surface area (Å²) in [5.74, 6) is -1.23. The standard InChI is InChI=1S/C15H11F3N2O3S2/c16-15(17,18)13-8-11(20-23-13)12-6-7-14(24-12)25(21,22)19-9-10-4-2-1-3-5-10/h1-8,19H,9H2. The predicted octanol–water partition coefficient (Wildman–Crippen LogP) is 3.90. The van der Waals surface area contributed by atoms with Crippen LogP contribution in [0.1, 0.15) is 11.3 Å². The van der Waals surface area contributed by atoms with Crippen LogP contribution in [0.5, 0.6) is 0 Å². The highest BCUT2D eigenvalue weighted by Crippen LogP contribution is 2.35. The van der Waals surface area contributed by atoms with E-state index in [0.717, 1.165) is 23.0 Å². The Morgan fingerprint density at radius 1 is 1.12 bits per heavy atom. The van der Waals surface area contributed by atoms with Gasteiger partial charge in [0, 0.05) is 12.6 Å². The fourth-order valence-electron chi connectivity index (χ4n) is 1.97. The van der Waals surface area contributed by atoms with Crippen molar-refractivity contribution in [2.24, 2.45) is 0 Å². The fourth-order valence-corrected chi connectivity index (χ4v) is 4.29. The lowest BCUT2D eigenvalue weighted by molar-refractivity contribution is -0.155. The molecule has 0 saturated carbocycles. The monoisotopic (exact) mass is 388 g/mol. The fraction of sp³-hybridized carbons (Fsp3) is 0.133. The molecule has 5 nitrogen and oxygen atoms in total. The second-order valence-electron chi connectivity index (χ2n) is 5.00. The van der Waals surface area contributed by atoms with Crippen molar-refractivity contribution in [3.63, 3.8) is 0 Å². The molecule has 1 N–H and O–H groups in total. The molecule has 0 atom stereocenters. The number of halogens is 3. The quantitative estimate of drug-likeness (QED) is 0.720. The highest BCUT2D eigenvalue weighted by Gasteiger charge is 2.36. The predicted molar refractivity (Wildman–Crippen MR) is 85.3 cm³/mol. The van der Waals surface area contributed by atoms with E-state index in [9.17, 15) is 21.6 Å². The lowest BCUT2D eigenvalue weighted by Gasteiger charge is -2.04. The molecule has 0 amide bonds. The van der Waals surface area contributed by atoms with Crippen molar-refractivity contribution in [3.05, 3.63) is 59.9 Å².